The molecule has 1 amide bonds. The normalized spacial score (nSPS) is 10.8. The van der Waals surface area contributed by atoms with Gasteiger partial charge in [-0.2, -0.15) is 5.10 Å². The molecule has 0 radical (unpaired) electrons. The summed E-state index contributed by atoms with van der Waals surface area (Å²) in [6.07, 6.45) is 3.09. The zero-order chi connectivity index (χ0) is 19.2. The lowest BCUT2D eigenvalue weighted by molar-refractivity contribution is 0.102. The fraction of sp³-hybridized carbons (Fsp3) is 0.263. The molecule has 3 rings (SSSR count). The summed E-state index contributed by atoms with van der Waals surface area (Å²) >= 11 is 0. The summed E-state index contributed by atoms with van der Waals surface area (Å²) < 4.78 is 7.35. The standard InChI is InChI=1S/C19H21N5O3/c1-13(2)17-8-14(9-18(25)23-17)19(26)22-15-4-3-5-16(10-15)27-7-6-24-12-20-11-21-24/h3-5,8-13H,6-7H2,1-2H3,(H,22,26)(H,23,25). The number of anilines is 1. The Morgan fingerprint density at radius 2 is 2.15 bits per heavy atom. The maximum absolute atomic E-state index is 12.5. The molecule has 0 saturated heterocycles. The SMILES string of the molecule is CC(C)c1cc(C(=O)Nc2cccc(OCCn3cncn3)c2)cc(=O)[nH]1. The van der Waals surface area contributed by atoms with Crippen molar-refractivity contribution in [3.63, 3.8) is 0 Å². The number of aromatic amines is 1. The Morgan fingerprint density at radius 3 is 2.89 bits per heavy atom. The number of hydrogen-bond donors (Lipinski definition) is 2. The van der Waals surface area contributed by atoms with E-state index in [2.05, 4.69) is 20.4 Å². The molecule has 0 atom stereocenters. The van der Waals surface area contributed by atoms with Gasteiger partial charge in [0.05, 0.1) is 6.54 Å². The van der Waals surface area contributed by atoms with Crippen LogP contribution in [0.15, 0.2) is 53.8 Å². The molecule has 2 aromatic heterocycles. The molecular weight excluding hydrogens is 346 g/mol. The predicted octanol–water partition coefficient (Wildman–Crippen LogP) is 2.42. The molecule has 140 valence electrons. The molecule has 0 fully saturated rings. The topological polar surface area (TPSA) is 102 Å². The van der Waals surface area contributed by atoms with Gasteiger partial charge in [0.1, 0.15) is 25.0 Å². The summed E-state index contributed by atoms with van der Waals surface area (Å²) in [5, 5.41) is 6.80. The number of hydrogen-bond acceptors (Lipinski definition) is 5. The first-order chi connectivity index (χ1) is 13.0. The second kappa shape index (κ2) is 8.31. The summed E-state index contributed by atoms with van der Waals surface area (Å²) in [5.74, 6) is 0.400. The van der Waals surface area contributed by atoms with Crippen LogP contribution in [0.25, 0.3) is 0 Å². The Labute approximate surface area is 156 Å². The van der Waals surface area contributed by atoms with Gasteiger partial charge in [-0.3, -0.25) is 9.59 Å². The van der Waals surface area contributed by atoms with Gasteiger partial charge in [0, 0.05) is 29.1 Å². The number of carbonyl (C=O) groups excluding carboxylic acids is 1. The minimum atomic E-state index is -0.345. The molecule has 0 unspecified atom stereocenters. The van der Waals surface area contributed by atoms with Crippen molar-refractivity contribution in [3.05, 3.63) is 70.7 Å². The quantitative estimate of drug-likeness (QED) is 0.668. The van der Waals surface area contributed by atoms with Gasteiger partial charge in [0.25, 0.3) is 5.91 Å². The van der Waals surface area contributed by atoms with E-state index in [1.807, 2.05) is 13.8 Å². The van der Waals surface area contributed by atoms with Gasteiger partial charge >= 0.3 is 0 Å². The molecule has 0 aliphatic rings. The van der Waals surface area contributed by atoms with E-state index < -0.39 is 0 Å². The lowest BCUT2D eigenvalue weighted by Gasteiger charge is -2.10. The van der Waals surface area contributed by atoms with Crippen LogP contribution in [-0.4, -0.2) is 32.3 Å². The number of ether oxygens (including phenoxy) is 1. The van der Waals surface area contributed by atoms with Gasteiger partial charge in [0.2, 0.25) is 5.56 Å². The van der Waals surface area contributed by atoms with Crippen LogP contribution in [0, 0.1) is 0 Å². The molecule has 0 saturated carbocycles. The number of amides is 1. The fourth-order valence-electron chi connectivity index (χ4n) is 2.48. The number of carbonyl (C=O) groups is 1. The molecule has 0 aliphatic heterocycles. The highest BCUT2D eigenvalue weighted by Gasteiger charge is 2.11. The lowest BCUT2D eigenvalue weighted by Crippen LogP contribution is -2.18. The molecule has 0 bridgehead atoms. The summed E-state index contributed by atoms with van der Waals surface area (Å²) in [4.78, 5) is 30.9. The van der Waals surface area contributed by atoms with Gasteiger partial charge in [-0.1, -0.05) is 19.9 Å². The molecular formula is C19H21N5O3. The van der Waals surface area contributed by atoms with Crippen LogP contribution in [-0.2, 0) is 6.54 Å². The Bertz CT molecular complexity index is 963. The monoisotopic (exact) mass is 367 g/mol. The van der Waals surface area contributed by atoms with Gasteiger partial charge < -0.3 is 15.0 Å². The summed E-state index contributed by atoms with van der Waals surface area (Å²) in [7, 11) is 0. The molecule has 3 aromatic rings. The number of aromatic nitrogens is 4. The highest BCUT2D eigenvalue weighted by molar-refractivity contribution is 6.04. The van der Waals surface area contributed by atoms with E-state index in [0.717, 1.165) is 5.69 Å². The van der Waals surface area contributed by atoms with E-state index >= 15 is 0 Å². The molecule has 0 aliphatic carbocycles. The highest BCUT2D eigenvalue weighted by Crippen LogP contribution is 2.18. The van der Waals surface area contributed by atoms with Crippen LogP contribution in [0.2, 0.25) is 0 Å². The number of nitrogens with zero attached hydrogens (tertiary/aromatic N) is 3. The van der Waals surface area contributed by atoms with Crippen molar-refractivity contribution in [2.75, 3.05) is 11.9 Å². The van der Waals surface area contributed by atoms with Crippen LogP contribution in [0.5, 0.6) is 5.75 Å². The van der Waals surface area contributed by atoms with Gasteiger partial charge in [-0.25, -0.2) is 9.67 Å². The molecule has 2 heterocycles. The van der Waals surface area contributed by atoms with Gasteiger partial charge in [-0.05, 0) is 24.1 Å². The van der Waals surface area contributed by atoms with E-state index in [4.69, 9.17) is 4.74 Å². The number of rotatable bonds is 7. The minimum absolute atomic E-state index is 0.118. The minimum Gasteiger partial charge on any atom is -0.492 e. The van der Waals surface area contributed by atoms with E-state index in [9.17, 15) is 9.59 Å². The van der Waals surface area contributed by atoms with Crippen molar-refractivity contribution in [2.45, 2.75) is 26.3 Å². The molecule has 8 heteroatoms. The second-order valence-corrected chi connectivity index (χ2v) is 6.33. The Hall–Kier alpha value is -3.42. The van der Waals surface area contributed by atoms with E-state index in [-0.39, 0.29) is 17.4 Å². The molecule has 2 N–H and O–H groups in total. The van der Waals surface area contributed by atoms with E-state index in [1.54, 1.807) is 41.3 Å². The molecule has 0 spiro atoms. The Kier molecular flexibility index (Phi) is 5.65. The molecule has 1 aromatic carbocycles. The maximum atomic E-state index is 12.5. The van der Waals surface area contributed by atoms with Gasteiger partial charge in [-0.15, -0.1) is 0 Å². The van der Waals surface area contributed by atoms with Crippen molar-refractivity contribution in [1.29, 1.82) is 0 Å². The fourth-order valence-corrected chi connectivity index (χ4v) is 2.48. The maximum Gasteiger partial charge on any atom is 0.255 e. The summed E-state index contributed by atoms with van der Waals surface area (Å²) in [5.41, 5.74) is 1.33. The van der Waals surface area contributed by atoms with E-state index in [1.165, 1.54) is 12.4 Å². The third-order valence-corrected chi connectivity index (χ3v) is 3.90. The van der Waals surface area contributed by atoms with Crippen molar-refractivity contribution >= 4 is 11.6 Å². The number of pyridine rings is 1. The third-order valence-electron chi connectivity index (χ3n) is 3.90. The average Bonchev–Trinajstić information content (AvgIpc) is 3.15. The molecule has 8 nitrogen and oxygen atoms in total. The Balaban J connectivity index is 1.65. The first-order valence-electron chi connectivity index (χ1n) is 8.62. The molecule has 27 heavy (non-hydrogen) atoms. The van der Waals surface area contributed by atoms with Crippen LogP contribution in [0.1, 0.15) is 35.8 Å². The third kappa shape index (κ3) is 5.04. The largest absolute Gasteiger partial charge is 0.492 e. The van der Waals surface area contributed by atoms with E-state index in [0.29, 0.717) is 30.2 Å². The number of benzene rings is 1. The van der Waals surface area contributed by atoms with Gasteiger partial charge in [0.15, 0.2) is 0 Å². The average molecular weight is 367 g/mol. The van der Waals surface area contributed by atoms with Crippen LogP contribution < -0.4 is 15.6 Å². The van der Waals surface area contributed by atoms with Crippen LogP contribution in [0.4, 0.5) is 5.69 Å². The Morgan fingerprint density at radius 1 is 1.30 bits per heavy atom. The predicted molar refractivity (Wildman–Crippen MR) is 101 cm³/mol. The zero-order valence-corrected chi connectivity index (χ0v) is 15.2. The first-order valence-corrected chi connectivity index (χ1v) is 8.62. The van der Waals surface area contributed by atoms with Crippen LogP contribution >= 0.6 is 0 Å². The van der Waals surface area contributed by atoms with Crippen molar-refractivity contribution in [1.82, 2.24) is 19.7 Å². The summed E-state index contributed by atoms with van der Waals surface area (Å²) in [6.45, 7) is 4.90. The van der Waals surface area contributed by atoms with Crippen molar-refractivity contribution in [3.8, 4) is 5.75 Å². The zero-order valence-electron chi connectivity index (χ0n) is 15.2. The summed E-state index contributed by atoms with van der Waals surface area (Å²) in [6, 6.07) is 10.1. The second-order valence-electron chi connectivity index (χ2n) is 6.33. The highest BCUT2D eigenvalue weighted by atomic mass is 16.5. The number of nitrogens with one attached hydrogen (secondary N) is 2. The lowest BCUT2D eigenvalue weighted by atomic mass is 10.1. The smallest absolute Gasteiger partial charge is 0.255 e. The number of H-pyrrole nitrogens is 1. The van der Waals surface area contributed by atoms with Crippen molar-refractivity contribution < 1.29 is 9.53 Å². The van der Waals surface area contributed by atoms with Crippen LogP contribution in [0.3, 0.4) is 0 Å². The van der Waals surface area contributed by atoms with Crippen molar-refractivity contribution in [2.24, 2.45) is 0 Å². The first kappa shape index (κ1) is 18.4.